The molecule has 5 heteroatoms. The predicted octanol–water partition coefficient (Wildman–Crippen LogP) is 3.70. The van der Waals surface area contributed by atoms with Crippen molar-refractivity contribution in [3.63, 3.8) is 0 Å². The van der Waals surface area contributed by atoms with Crippen molar-refractivity contribution in [1.29, 1.82) is 0 Å². The second-order valence-electron chi connectivity index (χ2n) is 7.57. The Morgan fingerprint density at radius 1 is 0.967 bits per heavy atom. The maximum absolute atomic E-state index is 11.5. The number of carbonyl (C=O) groups excluding carboxylic acids is 1. The Kier molecular flexibility index (Phi) is 6.54. The number of methoxy groups -OCH3 is 1. The fourth-order valence-electron chi connectivity index (χ4n) is 3.87. The van der Waals surface area contributed by atoms with Gasteiger partial charge in [-0.3, -0.25) is 5.43 Å². The zero-order valence-electron chi connectivity index (χ0n) is 17.1. The fraction of sp³-hybridized carbons (Fsp3) is 0.240. The van der Waals surface area contributed by atoms with Crippen molar-refractivity contribution in [2.45, 2.75) is 12.6 Å². The molecule has 3 aromatic rings. The number of benzene rings is 3. The van der Waals surface area contributed by atoms with Crippen LogP contribution in [-0.2, 0) is 11.3 Å². The van der Waals surface area contributed by atoms with Crippen molar-refractivity contribution < 1.29 is 9.53 Å². The molecule has 154 valence electrons. The van der Waals surface area contributed by atoms with Crippen molar-refractivity contribution in [3.8, 4) is 11.1 Å². The average molecular weight is 402 g/mol. The normalized spacial score (nSPS) is 18.3. The second-order valence-corrected chi connectivity index (χ2v) is 7.57. The van der Waals surface area contributed by atoms with E-state index in [1.54, 1.807) is 12.1 Å². The van der Waals surface area contributed by atoms with E-state index in [4.69, 9.17) is 4.74 Å². The number of esters is 1. The Hall–Kier alpha value is -2.99. The molecular weight excluding hydrogens is 374 g/mol. The van der Waals surface area contributed by atoms with Crippen molar-refractivity contribution >= 4 is 5.97 Å². The lowest BCUT2D eigenvalue weighted by atomic mass is 9.93. The summed E-state index contributed by atoms with van der Waals surface area (Å²) in [5.41, 5.74) is 12.2. The lowest BCUT2D eigenvalue weighted by Crippen LogP contribution is -2.28. The molecule has 0 spiro atoms. The third-order valence-electron chi connectivity index (χ3n) is 5.58. The number of nitrogens with one attached hydrogen (secondary N) is 3. The fourth-order valence-corrected chi connectivity index (χ4v) is 3.87. The van der Waals surface area contributed by atoms with Crippen LogP contribution in [0.2, 0.25) is 0 Å². The molecule has 4 rings (SSSR count). The molecule has 1 fully saturated rings. The van der Waals surface area contributed by atoms with E-state index in [-0.39, 0.29) is 12.0 Å². The molecule has 0 radical (unpaired) electrons. The Balaban J connectivity index is 1.33. The first-order chi connectivity index (χ1) is 14.7. The predicted molar refractivity (Wildman–Crippen MR) is 119 cm³/mol. The molecule has 0 aromatic heterocycles. The molecule has 2 unspecified atom stereocenters. The van der Waals surface area contributed by atoms with Crippen molar-refractivity contribution in [3.05, 3.63) is 95.6 Å². The van der Waals surface area contributed by atoms with Crippen LogP contribution in [0, 0.1) is 5.92 Å². The van der Waals surface area contributed by atoms with Crippen LogP contribution in [0.15, 0.2) is 78.9 Å². The van der Waals surface area contributed by atoms with Gasteiger partial charge in [0.1, 0.15) is 0 Å². The molecule has 30 heavy (non-hydrogen) atoms. The quantitative estimate of drug-likeness (QED) is 0.527. The highest BCUT2D eigenvalue weighted by molar-refractivity contribution is 5.89. The molecule has 2 atom stereocenters. The zero-order valence-corrected chi connectivity index (χ0v) is 17.1. The third kappa shape index (κ3) is 4.76. The minimum absolute atomic E-state index is 0.268. The molecule has 1 aliphatic heterocycles. The molecule has 1 saturated heterocycles. The summed E-state index contributed by atoms with van der Waals surface area (Å²) in [6.07, 6.45) is 0. The van der Waals surface area contributed by atoms with Gasteiger partial charge in [-0.15, -0.1) is 0 Å². The Morgan fingerprint density at radius 2 is 1.67 bits per heavy atom. The lowest BCUT2D eigenvalue weighted by Gasteiger charge is -2.20. The monoisotopic (exact) mass is 401 g/mol. The molecule has 0 bridgehead atoms. The lowest BCUT2D eigenvalue weighted by molar-refractivity contribution is 0.0600. The maximum atomic E-state index is 11.5. The summed E-state index contributed by atoms with van der Waals surface area (Å²) < 4.78 is 4.74. The van der Waals surface area contributed by atoms with Crippen LogP contribution >= 0.6 is 0 Å². The van der Waals surface area contributed by atoms with Gasteiger partial charge in [-0.25, -0.2) is 10.2 Å². The van der Waals surface area contributed by atoms with Gasteiger partial charge >= 0.3 is 5.97 Å². The number of carbonyl (C=O) groups is 1. The number of hydrogen-bond donors (Lipinski definition) is 3. The zero-order chi connectivity index (χ0) is 20.8. The van der Waals surface area contributed by atoms with Gasteiger partial charge < -0.3 is 10.1 Å². The molecule has 5 nitrogen and oxygen atoms in total. The SMILES string of the molecule is COC(=O)c1ccc(CNCC2CNNC2c2ccc(-c3ccccc3)cc2)cc1. The van der Waals surface area contributed by atoms with Crippen LogP contribution in [0.25, 0.3) is 11.1 Å². The van der Waals surface area contributed by atoms with E-state index >= 15 is 0 Å². The van der Waals surface area contributed by atoms with Gasteiger partial charge in [-0.1, -0.05) is 66.7 Å². The number of hydrazine groups is 1. The first-order valence-electron chi connectivity index (χ1n) is 10.3. The van der Waals surface area contributed by atoms with Crippen LogP contribution in [0.5, 0.6) is 0 Å². The summed E-state index contributed by atoms with van der Waals surface area (Å²) in [6, 6.07) is 27.1. The second kappa shape index (κ2) is 9.67. The van der Waals surface area contributed by atoms with Crippen molar-refractivity contribution in [2.75, 3.05) is 20.2 Å². The molecule has 0 saturated carbocycles. The topological polar surface area (TPSA) is 62.4 Å². The van der Waals surface area contributed by atoms with E-state index in [1.165, 1.54) is 23.8 Å². The summed E-state index contributed by atoms with van der Waals surface area (Å²) in [6.45, 7) is 2.57. The Morgan fingerprint density at radius 3 is 2.37 bits per heavy atom. The van der Waals surface area contributed by atoms with Gasteiger partial charge in [0.2, 0.25) is 0 Å². The van der Waals surface area contributed by atoms with Gasteiger partial charge in [-0.05, 0) is 34.4 Å². The molecule has 1 heterocycles. The van der Waals surface area contributed by atoms with Crippen molar-refractivity contribution in [1.82, 2.24) is 16.2 Å². The Bertz CT molecular complexity index is 956. The largest absolute Gasteiger partial charge is 0.465 e. The van der Waals surface area contributed by atoms with Crippen LogP contribution in [0.3, 0.4) is 0 Å². The van der Waals surface area contributed by atoms with Gasteiger partial charge in [0.25, 0.3) is 0 Å². The summed E-state index contributed by atoms with van der Waals surface area (Å²) in [5, 5.41) is 3.55. The number of hydrogen-bond acceptors (Lipinski definition) is 5. The molecule has 3 aromatic carbocycles. The highest BCUT2D eigenvalue weighted by atomic mass is 16.5. The van der Waals surface area contributed by atoms with E-state index in [9.17, 15) is 4.79 Å². The van der Waals surface area contributed by atoms with E-state index in [0.29, 0.717) is 11.5 Å². The van der Waals surface area contributed by atoms with Gasteiger partial charge in [0, 0.05) is 25.6 Å². The highest BCUT2D eigenvalue weighted by Gasteiger charge is 2.27. The van der Waals surface area contributed by atoms with E-state index in [2.05, 4.69) is 64.7 Å². The van der Waals surface area contributed by atoms with Crippen molar-refractivity contribution in [2.24, 2.45) is 5.92 Å². The van der Waals surface area contributed by atoms with Crippen LogP contribution in [0.1, 0.15) is 27.5 Å². The van der Waals surface area contributed by atoms with Gasteiger partial charge in [0.15, 0.2) is 0 Å². The van der Waals surface area contributed by atoms with E-state index < -0.39 is 0 Å². The van der Waals surface area contributed by atoms with Crippen LogP contribution in [-0.4, -0.2) is 26.2 Å². The van der Waals surface area contributed by atoms with Crippen LogP contribution < -0.4 is 16.2 Å². The Labute approximate surface area is 177 Å². The highest BCUT2D eigenvalue weighted by Crippen LogP contribution is 2.27. The summed E-state index contributed by atoms with van der Waals surface area (Å²) in [7, 11) is 1.40. The standard InChI is InChI=1S/C25H27N3O2/c1-30-25(29)22-9-7-18(8-10-22)15-26-16-23-17-27-28-24(23)21-13-11-20(12-14-21)19-5-3-2-4-6-19/h2-14,23-24,26-28H,15-17H2,1H3. The van der Waals surface area contributed by atoms with Gasteiger partial charge in [0.05, 0.1) is 18.7 Å². The molecule has 3 N–H and O–H groups in total. The van der Waals surface area contributed by atoms with Crippen LogP contribution in [0.4, 0.5) is 0 Å². The van der Waals surface area contributed by atoms with E-state index in [1.807, 2.05) is 18.2 Å². The minimum Gasteiger partial charge on any atom is -0.465 e. The molecule has 1 aliphatic rings. The number of ether oxygens (including phenoxy) is 1. The average Bonchev–Trinajstić information content (AvgIpc) is 3.28. The summed E-state index contributed by atoms with van der Waals surface area (Å²) in [5.74, 6) is 0.139. The summed E-state index contributed by atoms with van der Waals surface area (Å²) >= 11 is 0. The third-order valence-corrected chi connectivity index (χ3v) is 5.58. The first kappa shape index (κ1) is 20.3. The van der Waals surface area contributed by atoms with Gasteiger partial charge in [-0.2, -0.15) is 0 Å². The smallest absolute Gasteiger partial charge is 0.337 e. The first-order valence-corrected chi connectivity index (χ1v) is 10.3. The molecular formula is C25H27N3O2. The maximum Gasteiger partial charge on any atom is 0.337 e. The summed E-state index contributed by atoms with van der Waals surface area (Å²) in [4.78, 5) is 11.5. The van der Waals surface area contributed by atoms with E-state index in [0.717, 1.165) is 25.2 Å². The molecule has 0 amide bonds. The minimum atomic E-state index is -0.307. The molecule has 0 aliphatic carbocycles. The number of rotatable bonds is 7.